The van der Waals surface area contributed by atoms with Gasteiger partial charge in [-0.25, -0.2) is 14.6 Å². The number of carbonyl (C=O) groups is 2. The molecule has 0 aliphatic heterocycles. The zero-order chi connectivity index (χ0) is 16.8. The van der Waals surface area contributed by atoms with E-state index in [1.807, 2.05) is 0 Å². The van der Waals surface area contributed by atoms with Crippen LogP contribution in [0.5, 0.6) is 0 Å². The van der Waals surface area contributed by atoms with Gasteiger partial charge in [-0.3, -0.25) is 0 Å². The molecule has 1 amide bonds. The third-order valence-corrected chi connectivity index (χ3v) is 2.43. The van der Waals surface area contributed by atoms with E-state index in [1.165, 1.54) is 13.3 Å². The van der Waals surface area contributed by atoms with Gasteiger partial charge in [0.1, 0.15) is 11.4 Å². The molecule has 7 heteroatoms. The van der Waals surface area contributed by atoms with Crippen LogP contribution in [0.15, 0.2) is 18.3 Å². The first-order valence-corrected chi connectivity index (χ1v) is 6.70. The van der Waals surface area contributed by atoms with Crippen molar-refractivity contribution in [2.24, 2.45) is 0 Å². The molecule has 0 saturated carbocycles. The summed E-state index contributed by atoms with van der Waals surface area (Å²) in [5.74, 6) is -0.213. The largest absolute Gasteiger partial charge is 0.465 e. The monoisotopic (exact) mass is 307 g/mol. The van der Waals surface area contributed by atoms with Crippen LogP contribution in [-0.4, -0.2) is 36.3 Å². The number of nitrogens with one attached hydrogen (secondary N) is 1. The predicted octanol–water partition coefficient (Wildman–Crippen LogP) is 1.99. The van der Waals surface area contributed by atoms with E-state index < -0.39 is 17.7 Å². The predicted molar refractivity (Wildman–Crippen MR) is 83.3 cm³/mol. The van der Waals surface area contributed by atoms with Gasteiger partial charge in [-0.1, -0.05) is 12.2 Å². The molecular formula is C15H21N3O4. The number of rotatable bonds is 4. The number of pyridine rings is 1. The van der Waals surface area contributed by atoms with Gasteiger partial charge in [-0.2, -0.15) is 0 Å². The lowest BCUT2D eigenvalue weighted by Crippen LogP contribution is -2.32. The van der Waals surface area contributed by atoms with Crippen molar-refractivity contribution < 1.29 is 19.1 Å². The first-order valence-electron chi connectivity index (χ1n) is 6.70. The first kappa shape index (κ1) is 17.5. The zero-order valence-corrected chi connectivity index (χ0v) is 13.2. The fourth-order valence-corrected chi connectivity index (χ4v) is 1.50. The van der Waals surface area contributed by atoms with Crippen LogP contribution in [0, 0.1) is 0 Å². The lowest BCUT2D eigenvalue weighted by molar-refractivity contribution is 0.0532. The van der Waals surface area contributed by atoms with Crippen molar-refractivity contribution in [1.29, 1.82) is 0 Å². The fraction of sp³-hybridized carbons (Fsp3) is 0.400. The Kier molecular flexibility index (Phi) is 5.91. The third-order valence-electron chi connectivity index (χ3n) is 2.43. The van der Waals surface area contributed by atoms with Crippen LogP contribution < -0.4 is 11.1 Å². The summed E-state index contributed by atoms with van der Waals surface area (Å²) >= 11 is 0. The van der Waals surface area contributed by atoms with Crippen LogP contribution in [0.4, 0.5) is 10.6 Å². The Morgan fingerprint density at radius 1 is 1.41 bits per heavy atom. The number of hydrogen-bond acceptors (Lipinski definition) is 6. The van der Waals surface area contributed by atoms with E-state index in [-0.39, 0.29) is 12.4 Å². The maximum Gasteiger partial charge on any atom is 0.407 e. The summed E-state index contributed by atoms with van der Waals surface area (Å²) in [7, 11) is 1.29. The van der Waals surface area contributed by atoms with Crippen molar-refractivity contribution >= 4 is 24.0 Å². The lowest BCUT2D eigenvalue weighted by Gasteiger charge is -2.19. The van der Waals surface area contributed by atoms with Gasteiger partial charge < -0.3 is 20.5 Å². The number of aromatic nitrogens is 1. The van der Waals surface area contributed by atoms with E-state index in [2.05, 4.69) is 15.0 Å². The quantitative estimate of drug-likeness (QED) is 0.824. The smallest absolute Gasteiger partial charge is 0.407 e. The van der Waals surface area contributed by atoms with E-state index >= 15 is 0 Å². The van der Waals surface area contributed by atoms with E-state index in [9.17, 15) is 9.59 Å². The molecule has 1 aromatic heterocycles. The van der Waals surface area contributed by atoms with Crippen LogP contribution in [0.2, 0.25) is 0 Å². The second kappa shape index (κ2) is 7.44. The molecule has 3 N–H and O–H groups in total. The molecule has 0 aliphatic rings. The highest BCUT2D eigenvalue weighted by Gasteiger charge is 2.15. The van der Waals surface area contributed by atoms with Crippen molar-refractivity contribution in [1.82, 2.24) is 10.3 Å². The topological polar surface area (TPSA) is 104 Å². The Bertz CT molecular complexity index is 577. The average molecular weight is 307 g/mol. The minimum atomic E-state index is -0.545. The van der Waals surface area contributed by atoms with Crippen molar-refractivity contribution in [2.75, 3.05) is 19.4 Å². The molecule has 0 fully saturated rings. The maximum absolute atomic E-state index is 11.5. The van der Waals surface area contributed by atoms with Crippen LogP contribution in [-0.2, 0) is 9.47 Å². The van der Waals surface area contributed by atoms with Gasteiger partial charge in [-0.05, 0) is 26.8 Å². The maximum atomic E-state index is 11.5. The first-order chi connectivity index (χ1) is 10.2. The number of alkyl carbamates (subject to hydrolysis) is 1. The number of nitrogens with two attached hydrogens (primary N) is 1. The van der Waals surface area contributed by atoms with Crippen LogP contribution in [0.25, 0.3) is 6.08 Å². The molecule has 0 spiro atoms. The summed E-state index contributed by atoms with van der Waals surface area (Å²) in [6, 6.07) is 1.57. The molecule has 0 atom stereocenters. The number of nitrogens with zero attached hydrogens (tertiary/aromatic N) is 1. The number of carbonyl (C=O) groups excluding carboxylic acids is 2. The van der Waals surface area contributed by atoms with E-state index in [1.54, 1.807) is 39.0 Å². The highest BCUT2D eigenvalue weighted by atomic mass is 16.6. The molecule has 0 radical (unpaired) electrons. The summed E-state index contributed by atoms with van der Waals surface area (Å²) in [4.78, 5) is 26.8. The van der Waals surface area contributed by atoms with Gasteiger partial charge in [0.2, 0.25) is 0 Å². The molecule has 1 heterocycles. The lowest BCUT2D eigenvalue weighted by atomic mass is 10.1. The summed E-state index contributed by atoms with van der Waals surface area (Å²) in [5, 5.41) is 2.58. The van der Waals surface area contributed by atoms with Crippen LogP contribution in [0.3, 0.4) is 0 Å². The van der Waals surface area contributed by atoms with Gasteiger partial charge in [0.15, 0.2) is 0 Å². The molecule has 120 valence electrons. The number of hydrogen-bond donors (Lipinski definition) is 2. The van der Waals surface area contributed by atoms with Crippen molar-refractivity contribution in [3.63, 3.8) is 0 Å². The van der Waals surface area contributed by atoms with Gasteiger partial charge in [0, 0.05) is 18.3 Å². The second-order valence-corrected chi connectivity index (χ2v) is 5.48. The molecule has 0 saturated heterocycles. The number of nitrogen functional groups attached to an aromatic ring is 1. The summed E-state index contributed by atoms with van der Waals surface area (Å²) < 4.78 is 9.71. The standard InChI is InChI=1S/C15H21N3O4/c1-15(2,3)22-14(20)17-7-5-6-10-8-11(13(19)21-4)9-18-12(10)16/h5-6,8-9H,7H2,1-4H3,(H2,16,18)(H,17,20). The van der Waals surface area contributed by atoms with Crippen LogP contribution >= 0.6 is 0 Å². The molecule has 0 aliphatic carbocycles. The van der Waals surface area contributed by atoms with Gasteiger partial charge in [-0.15, -0.1) is 0 Å². The van der Waals surface area contributed by atoms with E-state index in [0.717, 1.165) is 0 Å². The van der Waals surface area contributed by atoms with Crippen molar-refractivity contribution in [2.45, 2.75) is 26.4 Å². The Hall–Kier alpha value is -2.57. The molecular weight excluding hydrogens is 286 g/mol. The SMILES string of the molecule is COC(=O)c1cnc(N)c(C=CCNC(=O)OC(C)(C)C)c1. The number of ether oxygens (including phenoxy) is 2. The molecule has 1 aromatic rings. The highest BCUT2D eigenvalue weighted by molar-refractivity contribution is 5.90. The normalized spacial score (nSPS) is 11.3. The molecule has 1 rings (SSSR count). The number of amides is 1. The third kappa shape index (κ3) is 5.82. The molecule has 0 unspecified atom stereocenters. The van der Waals surface area contributed by atoms with Gasteiger partial charge in [0.05, 0.1) is 12.7 Å². The Morgan fingerprint density at radius 3 is 2.68 bits per heavy atom. The second-order valence-electron chi connectivity index (χ2n) is 5.48. The highest BCUT2D eigenvalue weighted by Crippen LogP contribution is 2.13. The molecule has 7 nitrogen and oxygen atoms in total. The van der Waals surface area contributed by atoms with Crippen molar-refractivity contribution in [3.8, 4) is 0 Å². The van der Waals surface area contributed by atoms with Gasteiger partial charge in [0.25, 0.3) is 0 Å². The minimum Gasteiger partial charge on any atom is -0.465 e. The molecule has 22 heavy (non-hydrogen) atoms. The number of methoxy groups -OCH3 is 1. The molecule has 0 bridgehead atoms. The average Bonchev–Trinajstić information content (AvgIpc) is 2.42. The van der Waals surface area contributed by atoms with Crippen molar-refractivity contribution in [3.05, 3.63) is 29.5 Å². The molecule has 0 aromatic carbocycles. The van der Waals surface area contributed by atoms with Gasteiger partial charge >= 0.3 is 12.1 Å². The summed E-state index contributed by atoms with van der Waals surface area (Å²) in [5.41, 5.74) is 6.05. The fourth-order valence-electron chi connectivity index (χ4n) is 1.50. The zero-order valence-electron chi connectivity index (χ0n) is 13.2. The number of esters is 1. The van der Waals surface area contributed by atoms with Crippen LogP contribution in [0.1, 0.15) is 36.7 Å². The summed E-state index contributed by atoms with van der Waals surface area (Å²) in [6.45, 7) is 5.62. The minimum absolute atomic E-state index is 0.261. The number of anilines is 1. The Labute approximate surface area is 129 Å². The Morgan fingerprint density at radius 2 is 2.09 bits per heavy atom. The Balaban J connectivity index is 2.63. The summed E-state index contributed by atoms with van der Waals surface area (Å²) in [6.07, 6.45) is 4.17. The van der Waals surface area contributed by atoms with E-state index in [0.29, 0.717) is 11.1 Å². The van der Waals surface area contributed by atoms with E-state index in [4.69, 9.17) is 10.5 Å².